The predicted octanol–water partition coefficient (Wildman–Crippen LogP) is 5.56. The average Bonchev–Trinajstić information content (AvgIpc) is 3.56. The summed E-state index contributed by atoms with van der Waals surface area (Å²) in [4.78, 5) is 45.3. The van der Waals surface area contributed by atoms with E-state index in [1.165, 1.54) is 12.1 Å². The fraction of sp³-hybridized carbons (Fsp3) is 0.516. The first-order valence-corrected chi connectivity index (χ1v) is 14.8. The Morgan fingerprint density at radius 2 is 1.65 bits per heavy atom. The number of likely N-dealkylation sites (tertiary alicyclic amines) is 2. The average molecular weight is 589 g/mol. The van der Waals surface area contributed by atoms with Crippen LogP contribution in [0.5, 0.6) is 0 Å². The number of nitrogens with zero attached hydrogens (tertiary/aromatic N) is 3. The summed E-state index contributed by atoms with van der Waals surface area (Å²) >= 11 is 12.5. The van der Waals surface area contributed by atoms with Gasteiger partial charge in [0.1, 0.15) is 5.82 Å². The van der Waals surface area contributed by atoms with Gasteiger partial charge in [0, 0.05) is 56.9 Å². The van der Waals surface area contributed by atoms with Crippen molar-refractivity contribution in [3.05, 3.63) is 69.5 Å². The molecule has 2 saturated heterocycles. The molecular weight excluding hydrogens is 552 g/mol. The van der Waals surface area contributed by atoms with Crippen molar-refractivity contribution < 1.29 is 18.8 Å². The van der Waals surface area contributed by atoms with Crippen molar-refractivity contribution in [1.82, 2.24) is 14.7 Å². The van der Waals surface area contributed by atoms with E-state index in [1.807, 2.05) is 28.9 Å². The number of amides is 3. The number of carbonyl (C=O) groups is 3. The van der Waals surface area contributed by atoms with Gasteiger partial charge in [0.15, 0.2) is 0 Å². The Morgan fingerprint density at radius 3 is 2.27 bits per heavy atom. The second-order valence-electron chi connectivity index (χ2n) is 11.8. The van der Waals surface area contributed by atoms with Crippen LogP contribution >= 0.6 is 23.2 Å². The van der Waals surface area contributed by atoms with Gasteiger partial charge in [-0.25, -0.2) is 4.39 Å². The van der Waals surface area contributed by atoms with E-state index < -0.39 is 0 Å². The van der Waals surface area contributed by atoms with Crippen LogP contribution in [0.3, 0.4) is 0 Å². The highest BCUT2D eigenvalue weighted by atomic mass is 35.5. The number of benzene rings is 2. The minimum absolute atomic E-state index is 0.0333. The molecular formula is C31H36Cl2FN3O3. The molecule has 2 atom stereocenters. The number of aryl methyl sites for hydroxylation is 1. The summed E-state index contributed by atoms with van der Waals surface area (Å²) in [5.74, 6) is -0.279. The zero-order valence-corrected chi connectivity index (χ0v) is 24.6. The van der Waals surface area contributed by atoms with Crippen LogP contribution in [0.15, 0.2) is 42.5 Å². The lowest BCUT2D eigenvalue weighted by Gasteiger charge is -2.34. The highest BCUT2D eigenvalue weighted by molar-refractivity contribution is 6.42. The van der Waals surface area contributed by atoms with Gasteiger partial charge in [-0.1, -0.05) is 48.3 Å². The Morgan fingerprint density at radius 1 is 0.975 bits per heavy atom. The van der Waals surface area contributed by atoms with Crippen LogP contribution in [0, 0.1) is 17.2 Å². The number of piperidine rings is 1. The Bertz CT molecular complexity index is 1280. The highest BCUT2D eigenvalue weighted by Crippen LogP contribution is 2.47. The van der Waals surface area contributed by atoms with Crippen molar-refractivity contribution in [2.45, 2.75) is 57.4 Å². The van der Waals surface area contributed by atoms with E-state index in [9.17, 15) is 18.8 Å². The predicted molar refractivity (Wildman–Crippen MR) is 154 cm³/mol. The summed E-state index contributed by atoms with van der Waals surface area (Å²) in [7, 11) is 1.79. The molecule has 2 heterocycles. The Labute approximate surface area is 245 Å². The van der Waals surface area contributed by atoms with E-state index in [2.05, 4.69) is 0 Å². The molecule has 2 aromatic rings. The molecule has 3 amide bonds. The summed E-state index contributed by atoms with van der Waals surface area (Å²) in [5.41, 5.74) is 1.64. The van der Waals surface area contributed by atoms with Gasteiger partial charge < -0.3 is 14.7 Å². The van der Waals surface area contributed by atoms with Crippen molar-refractivity contribution in [2.24, 2.45) is 11.3 Å². The minimum Gasteiger partial charge on any atom is -0.342 e. The van der Waals surface area contributed by atoms with Crippen molar-refractivity contribution >= 4 is 40.9 Å². The van der Waals surface area contributed by atoms with Crippen molar-refractivity contribution in [2.75, 3.05) is 33.2 Å². The molecule has 1 aliphatic carbocycles. The van der Waals surface area contributed by atoms with Crippen molar-refractivity contribution in [3.63, 3.8) is 0 Å². The van der Waals surface area contributed by atoms with Crippen molar-refractivity contribution in [1.29, 1.82) is 0 Å². The van der Waals surface area contributed by atoms with E-state index in [0.717, 1.165) is 24.0 Å². The minimum atomic E-state index is -0.304. The first-order chi connectivity index (χ1) is 19.1. The van der Waals surface area contributed by atoms with Gasteiger partial charge >= 0.3 is 0 Å². The van der Waals surface area contributed by atoms with Gasteiger partial charge in [0.25, 0.3) is 0 Å². The highest BCUT2D eigenvalue weighted by Gasteiger charge is 2.48. The second kappa shape index (κ2) is 11.7. The maximum absolute atomic E-state index is 13.7. The summed E-state index contributed by atoms with van der Waals surface area (Å²) in [6, 6.07) is 11.5. The zero-order chi connectivity index (χ0) is 28.6. The zero-order valence-electron chi connectivity index (χ0n) is 23.0. The molecule has 5 rings (SSSR count). The van der Waals surface area contributed by atoms with Gasteiger partial charge in [-0.3, -0.25) is 14.4 Å². The quantitative estimate of drug-likeness (QED) is 0.426. The molecule has 2 aliphatic heterocycles. The van der Waals surface area contributed by atoms with E-state index >= 15 is 0 Å². The van der Waals surface area contributed by atoms with Gasteiger partial charge in [-0.2, -0.15) is 0 Å². The Kier molecular flexibility index (Phi) is 8.44. The fourth-order valence-corrected chi connectivity index (χ4v) is 6.37. The summed E-state index contributed by atoms with van der Waals surface area (Å²) in [6.45, 7) is 4.16. The van der Waals surface area contributed by atoms with E-state index in [-0.39, 0.29) is 53.3 Å². The number of halogens is 3. The molecule has 3 aliphatic rings. The van der Waals surface area contributed by atoms with Crippen LogP contribution in [0.1, 0.15) is 56.1 Å². The fourth-order valence-electron chi connectivity index (χ4n) is 6.06. The molecule has 1 saturated carbocycles. The number of rotatable bonds is 7. The standard InChI is InChI=1S/C31H36Cl2FN3O3/c1-31(13-14-31)30(40)36-15-11-21(12-16-36)29(39)37-18-24(22-6-9-25(32)26(33)17-22)27(19-37)35(2)28(38)10-5-20-3-7-23(34)8-4-20/h3-4,6-9,17,21,24,27H,5,10-16,18-19H2,1-2H3. The van der Waals surface area contributed by atoms with Gasteiger partial charge in [-0.15, -0.1) is 0 Å². The molecule has 6 nitrogen and oxygen atoms in total. The number of hydrogen-bond acceptors (Lipinski definition) is 3. The molecule has 214 valence electrons. The van der Waals surface area contributed by atoms with Crippen LogP contribution in [-0.2, 0) is 20.8 Å². The van der Waals surface area contributed by atoms with E-state index in [4.69, 9.17) is 23.2 Å². The van der Waals surface area contributed by atoms with E-state index in [0.29, 0.717) is 55.5 Å². The molecule has 2 unspecified atom stereocenters. The molecule has 3 fully saturated rings. The molecule has 0 bridgehead atoms. The lowest BCUT2D eigenvalue weighted by Crippen LogP contribution is -2.46. The second-order valence-corrected chi connectivity index (χ2v) is 12.7. The molecule has 2 aromatic carbocycles. The monoisotopic (exact) mass is 587 g/mol. The summed E-state index contributed by atoms with van der Waals surface area (Å²) < 4.78 is 13.3. The van der Waals surface area contributed by atoms with E-state index in [1.54, 1.807) is 30.1 Å². The van der Waals surface area contributed by atoms with Crippen LogP contribution in [-0.4, -0.2) is 71.7 Å². The molecule has 0 N–H and O–H groups in total. The van der Waals surface area contributed by atoms with Crippen LogP contribution in [0.2, 0.25) is 10.0 Å². The third kappa shape index (κ3) is 6.15. The number of carbonyl (C=O) groups excluding carboxylic acids is 3. The summed E-state index contributed by atoms with van der Waals surface area (Å²) in [6.07, 6.45) is 4.01. The third-order valence-electron chi connectivity index (χ3n) is 9.05. The van der Waals surface area contributed by atoms with Crippen molar-refractivity contribution in [3.8, 4) is 0 Å². The Balaban J connectivity index is 1.27. The number of likely N-dealkylation sites (N-methyl/N-ethyl adjacent to an activating group) is 1. The topological polar surface area (TPSA) is 60.9 Å². The lowest BCUT2D eigenvalue weighted by molar-refractivity contribution is -0.142. The lowest BCUT2D eigenvalue weighted by atomic mass is 9.93. The summed E-state index contributed by atoms with van der Waals surface area (Å²) in [5, 5.41) is 0.896. The molecule has 40 heavy (non-hydrogen) atoms. The van der Waals surface area contributed by atoms with Crippen LogP contribution in [0.4, 0.5) is 4.39 Å². The SMILES string of the molecule is CN(C(=O)CCc1ccc(F)cc1)C1CN(C(=O)C2CCN(C(=O)C3(C)CC3)CC2)CC1c1ccc(Cl)c(Cl)c1. The number of hydrogen-bond donors (Lipinski definition) is 0. The molecule has 0 aromatic heterocycles. The maximum atomic E-state index is 13.7. The first kappa shape index (κ1) is 28.9. The van der Waals surface area contributed by atoms with Crippen LogP contribution < -0.4 is 0 Å². The molecule has 0 radical (unpaired) electrons. The van der Waals surface area contributed by atoms with Gasteiger partial charge in [0.2, 0.25) is 17.7 Å². The first-order valence-electron chi connectivity index (χ1n) is 14.1. The third-order valence-corrected chi connectivity index (χ3v) is 9.79. The maximum Gasteiger partial charge on any atom is 0.228 e. The molecule has 0 spiro atoms. The Hall–Kier alpha value is -2.64. The molecule has 9 heteroatoms. The van der Waals surface area contributed by atoms with Crippen LogP contribution in [0.25, 0.3) is 0 Å². The van der Waals surface area contributed by atoms with Gasteiger partial charge in [-0.05, 0) is 67.5 Å². The smallest absolute Gasteiger partial charge is 0.228 e. The normalized spacial score (nSPS) is 22.3. The largest absolute Gasteiger partial charge is 0.342 e. The van der Waals surface area contributed by atoms with Gasteiger partial charge in [0.05, 0.1) is 16.1 Å².